The minimum Gasteiger partial charge on any atom is -0.379 e. The molecule has 1 saturated heterocycles. The van der Waals surface area contributed by atoms with Crippen LogP contribution in [0.2, 0.25) is 0 Å². The second-order valence-electron chi connectivity index (χ2n) is 3.58. The first-order chi connectivity index (χ1) is 5.68. The zero-order valence-corrected chi connectivity index (χ0v) is 6.93. The first-order valence-corrected chi connectivity index (χ1v) is 4.36. The molecule has 1 heterocycles. The van der Waals surface area contributed by atoms with E-state index in [1.807, 2.05) is 0 Å². The molecule has 2 aliphatic rings. The molecule has 1 aliphatic carbocycles. The van der Waals surface area contributed by atoms with Crippen molar-refractivity contribution in [1.29, 1.82) is 0 Å². The molecule has 0 aromatic carbocycles. The van der Waals surface area contributed by atoms with Crippen LogP contribution in [0, 0.1) is 5.92 Å². The van der Waals surface area contributed by atoms with Crippen LogP contribution >= 0.6 is 0 Å². The Morgan fingerprint density at radius 1 is 1.33 bits per heavy atom. The van der Waals surface area contributed by atoms with Crippen LogP contribution in [0.3, 0.4) is 0 Å². The average molecular weight is 177 g/mol. The fraction of sp³-hybridized carbons (Fsp3) is 1.00. The molecule has 2 rings (SSSR count). The Bertz CT molecular complexity index is 168. The highest BCUT2D eigenvalue weighted by Gasteiger charge is 2.56. The van der Waals surface area contributed by atoms with Crippen molar-refractivity contribution in [2.45, 2.75) is 12.3 Å². The van der Waals surface area contributed by atoms with E-state index in [1.54, 1.807) is 0 Å². The summed E-state index contributed by atoms with van der Waals surface area (Å²) in [6.45, 7) is 3.56. The van der Waals surface area contributed by atoms with Gasteiger partial charge >= 0.3 is 0 Å². The Morgan fingerprint density at radius 2 is 1.92 bits per heavy atom. The lowest BCUT2D eigenvalue weighted by atomic mass is 10.3. The first kappa shape index (κ1) is 8.38. The number of ether oxygens (including phenoxy) is 1. The second kappa shape index (κ2) is 2.92. The van der Waals surface area contributed by atoms with Gasteiger partial charge in [0.1, 0.15) is 0 Å². The van der Waals surface area contributed by atoms with Crippen LogP contribution in [-0.4, -0.2) is 43.7 Å². The molecule has 0 spiro atoms. The van der Waals surface area contributed by atoms with Gasteiger partial charge in [0.2, 0.25) is 0 Å². The van der Waals surface area contributed by atoms with Crippen molar-refractivity contribution in [2.24, 2.45) is 5.92 Å². The van der Waals surface area contributed by atoms with Gasteiger partial charge in [-0.1, -0.05) is 0 Å². The summed E-state index contributed by atoms with van der Waals surface area (Å²) in [6, 6.07) is 0. The Morgan fingerprint density at radius 3 is 2.42 bits per heavy atom. The molecule has 0 aromatic rings. The van der Waals surface area contributed by atoms with Crippen LogP contribution in [0.1, 0.15) is 6.42 Å². The number of alkyl halides is 2. The summed E-state index contributed by atoms with van der Waals surface area (Å²) in [5, 5.41) is 0. The van der Waals surface area contributed by atoms with E-state index in [0.29, 0.717) is 19.8 Å². The van der Waals surface area contributed by atoms with Gasteiger partial charge in [0, 0.05) is 32.0 Å². The quantitative estimate of drug-likeness (QED) is 0.623. The third-order valence-corrected chi connectivity index (χ3v) is 2.54. The maximum Gasteiger partial charge on any atom is 0.252 e. The molecule has 1 saturated carbocycles. The van der Waals surface area contributed by atoms with Gasteiger partial charge in [-0.05, 0) is 0 Å². The van der Waals surface area contributed by atoms with Gasteiger partial charge in [0.15, 0.2) is 0 Å². The van der Waals surface area contributed by atoms with Gasteiger partial charge in [0.05, 0.1) is 13.2 Å². The predicted octanol–water partition coefficient (Wildman–Crippen LogP) is 0.974. The molecule has 0 N–H and O–H groups in total. The topological polar surface area (TPSA) is 12.5 Å². The van der Waals surface area contributed by atoms with Crippen LogP contribution < -0.4 is 0 Å². The largest absolute Gasteiger partial charge is 0.379 e. The normalized spacial score (nSPS) is 35.0. The van der Waals surface area contributed by atoms with Gasteiger partial charge in [-0.3, -0.25) is 4.90 Å². The van der Waals surface area contributed by atoms with Crippen LogP contribution in [0.25, 0.3) is 0 Å². The monoisotopic (exact) mass is 177 g/mol. The van der Waals surface area contributed by atoms with E-state index in [0.717, 1.165) is 13.1 Å². The third-order valence-electron chi connectivity index (χ3n) is 2.54. The number of morpholine rings is 1. The molecule has 0 radical (unpaired) electrons. The molecule has 2 nitrogen and oxygen atoms in total. The lowest BCUT2D eigenvalue weighted by Crippen LogP contribution is -2.38. The Hall–Kier alpha value is -0.220. The summed E-state index contributed by atoms with van der Waals surface area (Å²) in [7, 11) is 0. The summed E-state index contributed by atoms with van der Waals surface area (Å²) >= 11 is 0. The van der Waals surface area contributed by atoms with Gasteiger partial charge in [-0.25, -0.2) is 8.78 Å². The maximum absolute atomic E-state index is 12.5. The first-order valence-electron chi connectivity index (χ1n) is 4.36. The molecule has 2 fully saturated rings. The Balaban J connectivity index is 1.73. The fourth-order valence-electron chi connectivity index (χ4n) is 1.56. The van der Waals surface area contributed by atoms with Crippen LogP contribution in [0.15, 0.2) is 0 Å². The van der Waals surface area contributed by atoms with Crippen molar-refractivity contribution in [1.82, 2.24) is 4.90 Å². The molecule has 1 unspecified atom stereocenters. The minimum atomic E-state index is -2.36. The van der Waals surface area contributed by atoms with Crippen molar-refractivity contribution in [2.75, 3.05) is 32.8 Å². The standard InChI is InChI=1S/C8H13F2NO/c9-8(10)5-7(8)6-11-1-3-12-4-2-11/h7H,1-6H2. The van der Waals surface area contributed by atoms with E-state index >= 15 is 0 Å². The zero-order valence-electron chi connectivity index (χ0n) is 6.93. The van der Waals surface area contributed by atoms with E-state index in [4.69, 9.17) is 4.74 Å². The second-order valence-corrected chi connectivity index (χ2v) is 3.58. The molecule has 70 valence electrons. The highest BCUT2D eigenvalue weighted by atomic mass is 19.3. The zero-order chi connectivity index (χ0) is 8.60. The summed E-state index contributed by atoms with van der Waals surface area (Å²) in [5.74, 6) is -2.74. The van der Waals surface area contributed by atoms with Gasteiger partial charge in [-0.15, -0.1) is 0 Å². The number of nitrogens with zero attached hydrogens (tertiary/aromatic N) is 1. The lowest BCUT2D eigenvalue weighted by molar-refractivity contribution is 0.0246. The molecule has 1 aliphatic heterocycles. The molecule has 4 heteroatoms. The van der Waals surface area contributed by atoms with Crippen molar-refractivity contribution in [3.8, 4) is 0 Å². The molecule has 0 bridgehead atoms. The smallest absolute Gasteiger partial charge is 0.252 e. The van der Waals surface area contributed by atoms with Crippen molar-refractivity contribution in [3.05, 3.63) is 0 Å². The summed E-state index contributed by atoms with van der Waals surface area (Å²) in [4.78, 5) is 2.06. The van der Waals surface area contributed by atoms with Crippen molar-refractivity contribution >= 4 is 0 Å². The maximum atomic E-state index is 12.5. The fourth-order valence-corrected chi connectivity index (χ4v) is 1.56. The van der Waals surface area contributed by atoms with E-state index in [-0.39, 0.29) is 12.3 Å². The molecule has 1 atom stereocenters. The molecular weight excluding hydrogens is 164 g/mol. The van der Waals surface area contributed by atoms with E-state index < -0.39 is 5.92 Å². The van der Waals surface area contributed by atoms with E-state index in [9.17, 15) is 8.78 Å². The summed E-state index contributed by atoms with van der Waals surface area (Å²) < 4.78 is 30.1. The van der Waals surface area contributed by atoms with Gasteiger partial charge < -0.3 is 4.74 Å². The Kier molecular flexibility index (Phi) is 2.04. The highest BCUT2D eigenvalue weighted by Crippen LogP contribution is 2.48. The number of halogens is 2. The molecule has 0 aromatic heterocycles. The lowest BCUT2D eigenvalue weighted by Gasteiger charge is -2.26. The summed E-state index contributed by atoms with van der Waals surface area (Å²) in [5.41, 5.74) is 0. The molecule has 12 heavy (non-hydrogen) atoms. The SMILES string of the molecule is FC1(F)CC1CN1CCOCC1. The van der Waals surface area contributed by atoms with Crippen molar-refractivity contribution in [3.63, 3.8) is 0 Å². The van der Waals surface area contributed by atoms with Crippen LogP contribution in [0.4, 0.5) is 8.78 Å². The number of hydrogen-bond donors (Lipinski definition) is 0. The average Bonchev–Trinajstić information content (AvgIpc) is 2.61. The Labute approximate surface area is 70.5 Å². The molecule has 0 amide bonds. The van der Waals surface area contributed by atoms with E-state index in [1.165, 1.54) is 0 Å². The number of hydrogen-bond acceptors (Lipinski definition) is 2. The number of rotatable bonds is 2. The molecular formula is C8H13F2NO. The third kappa shape index (κ3) is 1.75. The van der Waals surface area contributed by atoms with Gasteiger partial charge in [0.25, 0.3) is 5.92 Å². The highest BCUT2D eigenvalue weighted by molar-refractivity contribution is 4.96. The van der Waals surface area contributed by atoms with Crippen LogP contribution in [-0.2, 0) is 4.74 Å². The van der Waals surface area contributed by atoms with E-state index in [2.05, 4.69) is 4.90 Å². The van der Waals surface area contributed by atoms with Gasteiger partial charge in [-0.2, -0.15) is 0 Å². The minimum absolute atomic E-state index is 0.0877. The van der Waals surface area contributed by atoms with Crippen LogP contribution in [0.5, 0.6) is 0 Å². The predicted molar refractivity (Wildman–Crippen MR) is 40.3 cm³/mol. The van der Waals surface area contributed by atoms with Crippen molar-refractivity contribution < 1.29 is 13.5 Å². The summed E-state index contributed by atoms with van der Waals surface area (Å²) in [6.07, 6.45) is 0.0877.